The zero-order valence-corrected chi connectivity index (χ0v) is 14.5. The third-order valence-corrected chi connectivity index (χ3v) is 4.08. The topological polar surface area (TPSA) is 33.0 Å². The Balaban J connectivity index is 2.33. The average Bonchev–Trinajstić information content (AvgIpc) is 2.55. The highest BCUT2D eigenvalue weighted by molar-refractivity contribution is 6.33. The summed E-state index contributed by atoms with van der Waals surface area (Å²) in [7, 11) is 0. The van der Waals surface area contributed by atoms with Gasteiger partial charge < -0.3 is 4.74 Å². The predicted octanol–water partition coefficient (Wildman–Crippen LogP) is 6.23. The summed E-state index contributed by atoms with van der Waals surface area (Å²) in [5, 5.41) is 10.5. The van der Waals surface area contributed by atoms with Gasteiger partial charge in [-0.1, -0.05) is 54.4 Å². The lowest BCUT2D eigenvalue weighted by Crippen LogP contribution is -2.09. The van der Waals surface area contributed by atoms with Gasteiger partial charge in [-0.15, -0.1) is 0 Å². The number of hydrogen-bond acceptors (Lipinski definition) is 2. The molecule has 2 rings (SSSR count). The first-order chi connectivity index (χ1) is 11.0. The Morgan fingerprint density at radius 2 is 1.96 bits per heavy atom. The van der Waals surface area contributed by atoms with Crippen molar-refractivity contribution in [2.45, 2.75) is 26.4 Å². The van der Waals surface area contributed by atoms with Gasteiger partial charge in [0.1, 0.15) is 5.75 Å². The van der Waals surface area contributed by atoms with Crippen molar-refractivity contribution in [3.8, 4) is 11.8 Å². The van der Waals surface area contributed by atoms with E-state index >= 15 is 0 Å². The third kappa shape index (κ3) is 4.51. The number of allylic oxidation sites excluding steroid dienone is 1. The molecule has 0 heterocycles. The van der Waals surface area contributed by atoms with Crippen LogP contribution in [0.4, 0.5) is 0 Å². The summed E-state index contributed by atoms with van der Waals surface area (Å²) in [5.41, 5.74) is 2.01. The standard InChI is InChI=1S/C19H17Cl2NO/c1-3-13(2)23-19-9-8-14(11-18(19)21)10-15(12-22)16-6-4-5-7-17(16)20/h4-11,13H,3H2,1-2H3. The fourth-order valence-electron chi connectivity index (χ4n) is 2.02. The van der Waals surface area contributed by atoms with Crippen molar-refractivity contribution in [3.05, 3.63) is 63.6 Å². The van der Waals surface area contributed by atoms with Crippen LogP contribution in [0.5, 0.6) is 5.75 Å². The van der Waals surface area contributed by atoms with Gasteiger partial charge in [-0.2, -0.15) is 5.26 Å². The first-order valence-electron chi connectivity index (χ1n) is 7.38. The molecule has 0 saturated heterocycles. The smallest absolute Gasteiger partial charge is 0.138 e. The second kappa shape index (κ2) is 8.06. The quantitative estimate of drug-likeness (QED) is 0.474. The number of benzene rings is 2. The molecule has 23 heavy (non-hydrogen) atoms. The molecule has 1 atom stereocenters. The van der Waals surface area contributed by atoms with E-state index in [1.165, 1.54) is 0 Å². The van der Waals surface area contributed by atoms with Crippen LogP contribution in [0.25, 0.3) is 11.6 Å². The molecule has 0 N–H and O–H groups in total. The molecule has 0 amide bonds. The van der Waals surface area contributed by atoms with Gasteiger partial charge in [0.05, 0.1) is 22.8 Å². The van der Waals surface area contributed by atoms with Gasteiger partial charge in [-0.3, -0.25) is 0 Å². The Labute approximate surface area is 146 Å². The minimum Gasteiger partial charge on any atom is -0.489 e. The van der Waals surface area contributed by atoms with Crippen molar-refractivity contribution in [3.63, 3.8) is 0 Å². The summed E-state index contributed by atoms with van der Waals surface area (Å²) in [5.74, 6) is 0.648. The molecule has 0 aliphatic heterocycles. The molecular weight excluding hydrogens is 329 g/mol. The second-order valence-corrected chi connectivity index (χ2v) is 5.99. The monoisotopic (exact) mass is 345 g/mol. The Morgan fingerprint density at radius 1 is 1.22 bits per heavy atom. The number of nitriles is 1. The summed E-state index contributed by atoms with van der Waals surface area (Å²) < 4.78 is 5.75. The van der Waals surface area contributed by atoms with E-state index in [1.54, 1.807) is 18.2 Å². The predicted molar refractivity (Wildman–Crippen MR) is 96.8 cm³/mol. The number of rotatable bonds is 5. The summed E-state index contributed by atoms with van der Waals surface area (Å²) in [4.78, 5) is 0. The van der Waals surface area contributed by atoms with E-state index in [2.05, 4.69) is 13.0 Å². The molecule has 1 unspecified atom stereocenters. The van der Waals surface area contributed by atoms with Crippen LogP contribution < -0.4 is 4.74 Å². The fourth-order valence-corrected chi connectivity index (χ4v) is 2.49. The fraction of sp³-hybridized carbons (Fsp3) is 0.211. The first kappa shape index (κ1) is 17.4. The van der Waals surface area contributed by atoms with Crippen LogP contribution in [0, 0.1) is 11.3 Å². The van der Waals surface area contributed by atoms with Crippen molar-refractivity contribution in [2.75, 3.05) is 0 Å². The van der Waals surface area contributed by atoms with Crippen molar-refractivity contribution < 1.29 is 4.74 Å². The van der Waals surface area contributed by atoms with E-state index in [0.717, 1.165) is 12.0 Å². The molecule has 0 saturated carbocycles. The van der Waals surface area contributed by atoms with Crippen LogP contribution in [0.1, 0.15) is 31.4 Å². The van der Waals surface area contributed by atoms with Crippen molar-refractivity contribution in [1.29, 1.82) is 5.26 Å². The Bertz CT molecular complexity index is 762. The van der Waals surface area contributed by atoms with Gasteiger partial charge in [0.2, 0.25) is 0 Å². The van der Waals surface area contributed by atoms with E-state index in [9.17, 15) is 5.26 Å². The van der Waals surface area contributed by atoms with Crippen LogP contribution in [-0.4, -0.2) is 6.10 Å². The lowest BCUT2D eigenvalue weighted by atomic mass is 10.0. The average molecular weight is 346 g/mol. The number of halogens is 2. The summed E-state index contributed by atoms with van der Waals surface area (Å²) in [6.45, 7) is 4.05. The molecule has 2 aromatic rings. The molecule has 0 aromatic heterocycles. The molecule has 0 spiro atoms. The van der Waals surface area contributed by atoms with Crippen molar-refractivity contribution in [1.82, 2.24) is 0 Å². The summed E-state index contributed by atoms with van der Waals surface area (Å²) in [6.07, 6.45) is 2.77. The molecule has 2 aromatic carbocycles. The van der Waals surface area contributed by atoms with E-state index in [0.29, 0.717) is 26.9 Å². The summed E-state index contributed by atoms with van der Waals surface area (Å²) in [6, 6.07) is 14.9. The maximum Gasteiger partial charge on any atom is 0.138 e. The first-order valence-corrected chi connectivity index (χ1v) is 8.13. The molecule has 0 radical (unpaired) electrons. The number of ether oxygens (including phenoxy) is 1. The van der Waals surface area contributed by atoms with Crippen molar-refractivity contribution >= 4 is 34.9 Å². The third-order valence-electron chi connectivity index (χ3n) is 3.45. The van der Waals surface area contributed by atoms with Crippen LogP contribution in [0.2, 0.25) is 10.0 Å². The maximum atomic E-state index is 9.41. The number of hydrogen-bond donors (Lipinski definition) is 0. The largest absolute Gasteiger partial charge is 0.489 e. The van der Waals surface area contributed by atoms with E-state index in [4.69, 9.17) is 27.9 Å². The number of nitrogens with zero attached hydrogens (tertiary/aromatic N) is 1. The highest BCUT2D eigenvalue weighted by atomic mass is 35.5. The van der Waals surface area contributed by atoms with E-state index in [-0.39, 0.29) is 6.10 Å². The van der Waals surface area contributed by atoms with Crippen molar-refractivity contribution in [2.24, 2.45) is 0 Å². The van der Waals surface area contributed by atoms with Gasteiger partial charge in [0.25, 0.3) is 0 Å². The zero-order chi connectivity index (χ0) is 16.8. The molecule has 0 aliphatic carbocycles. The van der Waals surface area contributed by atoms with Crippen LogP contribution in [0.3, 0.4) is 0 Å². The van der Waals surface area contributed by atoms with E-state index in [1.807, 2.05) is 37.3 Å². The molecular formula is C19H17Cl2NO. The highest BCUT2D eigenvalue weighted by Crippen LogP contribution is 2.30. The van der Waals surface area contributed by atoms with Crippen LogP contribution in [-0.2, 0) is 0 Å². The Morgan fingerprint density at radius 3 is 2.57 bits per heavy atom. The molecule has 118 valence electrons. The van der Waals surface area contributed by atoms with Gasteiger partial charge in [-0.05, 0) is 43.2 Å². The minimum absolute atomic E-state index is 0.103. The minimum atomic E-state index is 0.103. The molecule has 4 heteroatoms. The summed E-state index contributed by atoms with van der Waals surface area (Å²) >= 11 is 12.4. The van der Waals surface area contributed by atoms with Gasteiger partial charge in [0, 0.05) is 10.6 Å². The maximum absolute atomic E-state index is 9.41. The lowest BCUT2D eigenvalue weighted by molar-refractivity contribution is 0.217. The lowest BCUT2D eigenvalue weighted by Gasteiger charge is -2.14. The van der Waals surface area contributed by atoms with Crippen LogP contribution in [0.15, 0.2) is 42.5 Å². The van der Waals surface area contributed by atoms with Gasteiger partial charge in [-0.25, -0.2) is 0 Å². The molecule has 0 fully saturated rings. The highest BCUT2D eigenvalue weighted by Gasteiger charge is 2.08. The molecule has 2 nitrogen and oxygen atoms in total. The SMILES string of the molecule is CCC(C)Oc1ccc(C=C(C#N)c2ccccc2Cl)cc1Cl. The van der Waals surface area contributed by atoms with Gasteiger partial charge >= 0.3 is 0 Å². The van der Waals surface area contributed by atoms with Gasteiger partial charge in [0.15, 0.2) is 0 Å². The Hall–Kier alpha value is -1.95. The van der Waals surface area contributed by atoms with E-state index < -0.39 is 0 Å². The van der Waals surface area contributed by atoms with Crippen LogP contribution >= 0.6 is 23.2 Å². The molecule has 0 aliphatic rings. The molecule has 0 bridgehead atoms. The zero-order valence-electron chi connectivity index (χ0n) is 13.0. The Kier molecular flexibility index (Phi) is 6.10. The normalized spacial score (nSPS) is 12.6. The second-order valence-electron chi connectivity index (χ2n) is 5.18.